The summed E-state index contributed by atoms with van der Waals surface area (Å²) in [4.78, 5) is 17.2. The molecule has 8 nitrogen and oxygen atoms in total. The summed E-state index contributed by atoms with van der Waals surface area (Å²) >= 11 is 0. The van der Waals surface area contributed by atoms with Gasteiger partial charge in [-0.15, -0.1) is 5.10 Å². The molecule has 9 heteroatoms. The second kappa shape index (κ2) is 9.64. The predicted molar refractivity (Wildman–Crippen MR) is 141 cm³/mol. The minimum Gasteiger partial charge on any atom is -0.465 e. The van der Waals surface area contributed by atoms with Gasteiger partial charge >= 0.3 is 5.97 Å². The average molecular weight is 514 g/mol. The Morgan fingerprint density at radius 3 is 2.63 bits per heavy atom. The molecule has 0 aliphatic carbocycles. The highest BCUT2D eigenvalue weighted by Crippen LogP contribution is 2.42. The number of methoxy groups -OCH3 is 1. The molecule has 4 heterocycles. The van der Waals surface area contributed by atoms with E-state index in [4.69, 9.17) is 14.5 Å². The van der Waals surface area contributed by atoms with E-state index in [0.29, 0.717) is 24.3 Å². The molecule has 1 fully saturated rings. The zero-order valence-electron chi connectivity index (χ0n) is 21.5. The van der Waals surface area contributed by atoms with Crippen LogP contribution in [-0.2, 0) is 16.5 Å². The molecule has 194 valence electrons. The molecule has 1 aliphatic heterocycles. The minimum absolute atomic E-state index is 0.116. The van der Waals surface area contributed by atoms with Gasteiger partial charge in [0.25, 0.3) is 0 Å². The maximum absolute atomic E-state index is 15.5. The topological polar surface area (TPSA) is 84.1 Å². The van der Waals surface area contributed by atoms with Crippen LogP contribution < -0.4 is 0 Å². The Labute approximate surface area is 219 Å². The van der Waals surface area contributed by atoms with Crippen LogP contribution in [-0.4, -0.2) is 50.8 Å². The summed E-state index contributed by atoms with van der Waals surface area (Å²) in [5.41, 5.74) is 6.00. The molecule has 5 aromatic rings. The Morgan fingerprint density at radius 1 is 1.13 bits per heavy atom. The Bertz CT molecular complexity index is 1650. The molecule has 0 amide bonds. The van der Waals surface area contributed by atoms with Crippen molar-refractivity contribution < 1.29 is 18.7 Å². The summed E-state index contributed by atoms with van der Waals surface area (Å²) in [5, 5.41) is 9.32. The van der Waals surface area contributed by atoms with Gasteiger partial charge in [-0.05, 0) is 49.9 Å². The van der Waals surface area contributed by atoms with Gasteiger partial charge in [0, 0.05) is 43.0 Å². The summed E-state index contributed by atoms with van der Waals surface area (Å²) < 4.78 is 30.1. The fourth-order valence-corrected chi connectivity index (χ4v) is 5.79. The first kappa shape index (κ1) is 24.2. The van der Waals surface area contributed by atoms with Gasteiger partial charge in [-0.25, -0.2) is 13.9 Å². The first-order valence-corrected chi connectivity index (χ1v) is 12.7. The van der Waals surface area contributed by atoms with Crippen molar-refractivity contribution in [3.63, 3.8) is 0 Å². The van der Waals surface area contributed by atoms with Crippen molar-refractivity contribution in [1.82, 2.24) is 24.5 Å². The zero-order valence-corrected chi connectivity index (χ0v) is 21.5. The molecular weight excluding hydrogens is 485 g/mol. The molecule has 0 N–H and O–H groups in total. The molecule has 0 unspecified atom stereocenters. The van der Waals surface area contributed by atoms with Crippen molar-refractivity contribution >= 4 is 27.9 Å². The smallest absolute Gasteiger partial charge is 0.339 e. The molecule has 0 bridgehead atoms. The molecule has 38 heavy (non-hydrogen) atoms. The van der Waals surface area contributed by atoms with Crippen molar-refractivity contribution in [3.8, 4) is 11.3 Å². The predicted octanol–water partition coefficient (Wildman–Crippen LogP) is 5.24. The lowest BCUT2D eigenvalue weighted by atomic mass is 9.86. The average Bonchev–Trinajstić information content (AvgIpc) is 3.45. The number of esters is 1. The highest BCUT2D eigenvalue weighted by molar-refractivity contribution is 6.08. The number of benzene rings is 2. The maximum Gasteiger partial charge on any atom is 0.339 e. The van der Waals surface area contributed by atoms with Crippen molar-refractivity contribution in [2.24, 2.45) is 13.0 Å². The molecule has 3 aromatic heterocycles. The van der Waals surface area contributed by atoms with Crippen LogP contribution in [0.4, 0.5) is 4.39 Å². The van der Waals surface area contributed by atoms with Gasteiger partial charge in [0.05, 0.1) is 46.7 Å². The summed E-state index contributed by atoms with van der Waals surface area (Å²) in [7, 11) is 3.21. The Hall–Kier alpha value is -4.11. The van der Waals surface area contributed by atoms with Crippen molar-refractivity contribution in [2.45, 2.75) is 25.8 Å². The number of nitrogens with zero attached hydrogens (tertiary/aromatic N) is 5. The van der Waals surface area contributed by atoms with Crippen molar-refractivity contribution in [1.29, 1.82) is 0 Å². The molecule has 2 aromatic carbocycles. The van der Waals surface area contributed by atoms with E-state index >= 15 is 4.39 Å². The van der Waals surface area contributed by atoms with E-state index in [1.807, 2.05) is 38.2 Å². The minimum atomic E-state index is -0.470. The van der Waals surface area contributed by atoms with Gasteiger partial charge in [-0.2, -0.15) is 0 Å². The van der Waals surface area contributed by atoms with E-state index in [2.05, 4.69) is 20.9 Å². The van der Waals surface area contributed by atoms with Gasteiger partial charge in [0.1, 0.15) is 5.82 Å². The lowest BCUT2D eigenvalue weighted by Gasteiger charge is -2.33. The highest BCUT2D eigenvalue weighted by Gasteiger charge is 2.32. The quantitative estimate of drug-likeness (QED) is 0.299. The first-order valence-electron chi connectivity index (χ1n) is 12.7. The first-order chi connectivity index (χ1) is 18.5. The maximum atomic E-state index is 15.5. The number of fused-ring (bicyclic) bond motifs is 3. The number of pyridine rings is 1. The van der Waals surface area contributed by atoms with Crippen LogP contribution in [0.2, 0.25) is 0 Å². The Balaban J connectivity index is 1.70. The van der Waals surface area contributed by atoms with Gasteiger partial charge in [-0.1, -0.05) is 29.5 Å². The molecule has 0 saturated carbocycles. The number of aromatic nitrogens is 5. The van der Waals surface area contributed by atoms with E-state index in [9.17, 15) is 4.79 Å². The lowest BCUT2D eigenvalue weighted by Crippen LogP contribution is -2.27. The van der Waals surface area contributed by atoms with E-state index in [-0.39, 0.29) is 17.8 Å². The molecular formula is C29H28FN5O3. The third-order valence-electron chi connectivity index (χ3n) is 7.54. The van der Waals surface area contributed by atoms with Crippen LogP contribution in [0.15, 0.2) is 54.7 Å². The second-order valence-electron chi connectivity index (χ2n) is 9.75. The normalized spacial score (nSPS) is 15.3. The summed E-state index contributed by atoms with van der Waals surface area (Å²) in [5.74, 6) is -0.620. The molecule has 1 atom stereocenters. The van der Waals surface area contributed by atoms with Crippen molar-refractivity contribution in [2.75, 3.05) is 20.3 Å². The Morgan fingerprint density at radius 2 is 1.92 bits per heavy atom. The number of carbonyl (C=O) groups is 1. The lowest BCUT2D eigenvalue weighted by molar-refractivity contribution is 0.0548. The van der Waals surface area contributed by atoms with Gasteiger partial charge in [0.15, 0.2) is 0 Å². The van der Waals surface area contributed by atoms with E-state index in [1.165, 1.54) is 19.4 Å². The summed E-state index contributed by atoms with van der Waals surface area (Å²) in [6.07, 6.45) is 3.11. The van der Waals surface area contributed by atoms with Gasteiger partial charge in [-0.3, -0.25) is 4.98 Å². The number of halogens is 1. The monoisotopic (exact) mass is 513 g/mol. The number of ether oxygens (including phenoxy) is 2. The number of rotatable bonds is 5. The van der Waals surface area contributed by atoms with E-state index in [0.717, 1.165) is 51.7 Å². The summed E-state index contributed by atoms with van der Waals surface area (Å²) in [6, 6.07) is 14.5. The van der Waals surface area contributed by atoms with Crippen LogP contribution in [0.3, 0.4) is 0 Å². The SMILES string of the molecule is COC(=O)c1cnc2c3ccc(-c4c(C)nnn4C)cc3n([C@H](c3ccccc3F)C3CCOCC3)c2c1. The number of aryl methyl sites for hydroxylation is 2. The highest BCUT2D eigenvalue weighted by atomic mass is 19.1. The van der Waals surface area contributed by atoms with Gasteiger partial charge < -0.3 is 14.0 Å². The third kappa shape index (κ3) is 3.94. The molecule has 0 spiro atoms. The molecule has 0 radical (unpaired) electrons. The zero-order chi connectivity index (χ0) is 26.4. The van der Waals surface area contributed by atoms with E-state index in [1.54, 1.807) is 16.8 Å². The van der Waals surface area contributed by atoms with Crippen molar-refractivity contribution in [3.05, 3.63) is 77.4 Å². The fraction of sp³-hybridized carbons (Fsp3) is 0.310. The standard InChI is InChI=1S/C29H28FN5O3/c1-17-27(34(2)33-32-17)19-8-9-22-24(14-19)35(25-15-20(29(36)37-3)16-31-26(22)25)28(18-10-12-38-13-11-18)21-6-4-5-7-23(21)30/h4-9,14-16,18,28H,10-13H2,1-3H3/t28-/m0/s1. The van der Waals surface area contributed by atoms with Crippen LogP contribution in [0, 0.1) is 18.7 Å². The van der Waals surface area contributed by atoms with Crippen LogP contribution >= 0.6 is 0 Å². The van der Waals surface area contributed by atoms with Crippen LogP contribution in [0.25, 0.3) is 33.2 Å². The fourth-order valence-electron chi connectivity index (χ4n) is 5.79. The molecule has 1 aliphatic rings. The number of carbonyl (C=O) groups excluding carboxylic acids is 1. The van der Waals surface area contributed by atoms with Crippen LogP contribution in [0.5, 0.6) is 0 Å². The van der Waals surface area contributed by atoms with Crippen LogP contribution in [0.1, 0.15) is 40.5 Å². The Kier molecular flexibility index (Phi) is 6.15. The third-order valence-corrected chi connectivity index (χ3v) is 7.54. The second-order valence-corrected chi connectivity index (χ2v) is 9.75. The van der Waals surface area contributed by atoms with Gasteiger partial charge in [0.2, 0.25) is 0 Å². The number of hydrogen-bond donors (Lipinski definition) is 0. The molecule has 1 saturated heterocycles. The summed E-state index contributed by atoms with van der Waals surface area (Å²) in [6.45, 7) is 3.16. The molecule has 6 rings (SSSR count). The van der Waals surface area contributed by atoms with E-state index < -0.39 is 5.97 Å². The number of hydrogen-bond acceptors (Lipinski definition) is 6. The largest absolute Gasteiger partial charge is 0.465 e.